The van der Waals surface area contributed by atoms with Gasteiger partial charge in [0.05, 0.1) is 5.39 Å². The maximum absolute atomic E-state index is 12.6. The summed E-state index contributed by atoms with van der Waals surface area (Å²) >= 11 is 1.55. The molecule has 1 N–H and O–H groups in total. The Bertz CT molecular complexity index is 1120. The van der Waals surface area contributed by atoms with Gasteiger partial charge in [0.15, 0.2) is 0 Å². The lowest BCUT2D eigenvalue weighted by molar-refractivity contribution is 0.590. The molecule has 0 spiro atoms. The maximum Gasteiger partial charge on any atom is 0.259 e. The van der Waals surface area contributed by atoms with Gasteiger partial charge in [-0.15, -0.1) is 11.3 Å². The fourth-order valence-corrected chi connectivity index (χ4v) is 3.98. The van der Waals surface area contributed by atoms with Gasteiger partial charge >= 0.3 is 0 Å². The number of aromatic nitrogens is 2. The Kier molecular flexibility index (Phi) is 4.00. The Morgan fingerprint density at radius 3 is 2.27 bits per heavy atom. The van der Waals surface area contributed by atoms with Crippen molar-refractivity contribution < 1.29 is 0 Å². The van der Waals surface area contributed by atoms with Gasteiger partial charge in [-0.1, -0.05) is 75.4 Å². The van der Waals surface area contributed by atoms with E-state index in [9.17, 15) is 4.79 Å². The number of hydrogen-bond acceptors (Lipinski definition) is 3. The number of thiophene rings is 1. The lowest BCUT2D eigenvalue weighted by atomic mass is 9.87. The van der Waals surface area contributed by atoms with Crippen LogP contribution in [-0.4, -0.2) is 9.97 Å². The highest BCUT2D eigenvalue weighted by Crippen LogP contribution is 2.32. The molecule has 3 nitrogen and oxygen atoms in total. The first kappa shape index (κ1) is 16.7. The smallest absolute Gasteiger partial charge is 0.259 e. The molecule has 0 aliphatic carbocycles. The van der Waals surface area contributed by atoms with Gasteiger partial charge in [-0.3, -0.25) is 4.79 Å². The second kappa shape index (κ2) is 6.22. The number of benzene rings is 2. The third-order valence-electron chi connectivity index (χ3n) is 4.49. The fourth-order valence-electron chi connectivity index (χ4n) is 2.94. The zero-order valence-corrected chi connectivity index (χ0v) is 15.9. The summed E-state index contributed by atoms with van der Waals surface area (Å²) in [6.07, 6.45) is 0. The van der Waals surface area contributed by atoms with E-state index in [4.69, 9.17) is 4.98 Å². The number of nitrogens with zero attached hydrogens (tertiary/aromatic N) is 1. The van der Waals surface area contributed by atoms with Crippen LogP contribution in [0.1, 0.15) is 26.3 Å². The molecule has 0 unspecified atom stereocenters. The van der Waals surface area contributed by atoms with Crippen LogP contribution in [0.4, 0.5) is 0 Å². The quantitative estimate of drug-likeness (QED) is 0.504. The van der Waals surface area contributed by atoms with Gasteiger partial charge in [0.1, 0.15) is 10.7 Å². The van der Waals surface area contributed by atoms with Crippen LogP contribution in [0.15, 0.2) is 65.5 Å². The molecule has 0 aliphatic heterocycles. The highest BCUT2D eigenvalue weighted by molar-refractivity contribution is 7.21. The largest absolute Gasteiger partial charge is 0.306 e. The monoisotopic (exact) mass is 360 g/mol. The standard InChI is InChI=1S/C22H20N2OS/c1-22(2,3)16-11-9-15(10-12-16)19-23-20(25)17-13-18(26-21(17)24-19)14-7-5-4-6-8-14/h4-13H,1-3H3,(H,23,24,25). The first-order valence-electron chi connectivity index (χ1n) is 8.62. The molecule has 0 atom stereocenters. The van der Waals surface area contributed by atoms with E-state index in [2.05, 4.69) is 37.9 Å². The molecule has 0 bridgehead atoms. The first-order valence-corrected chi connectivity index (χ1v) is 9.44. The van der Waals surface area contributed by atoms with E-state index in [-0.39, 0.29) is 11.0 Å². The molecule has 26 heavy (non-hydrogen) atoms. The number of rotatable bonds is 2. The highest BCUT2D eigenvalue weighted by Gasteiger charge is 2.15. The van der Waals surface area contributed by atoms with Crippen LogP contribution in [0.25, 0.3) is 32.0 Å². The van der Waals surface area contributed by atoms with Gasteiger partial charge in [-0.2, -0.15) is 0 Å². The summed E-state index contributed by atoms with van der Waals surface area (Å²) in [6.45, 7) is 6.56. The fraction of sp³-hybridized carbons (Fsp3) is 0.182. The van der Waals surface area contributed by atoms with Gasteiger partial charge in [-0.25, -0.2) is 4.98 Å². The zero-order chi connectivity index (χ0) is 18.3. The summed E-state index contributed by atoms with van der Waals surface area (Å²) in [5, 5.41) is 0.643. The predicted octanol–water partition coefficient (Wildman–Crippen LogP) is 5.62. The number of aromatic amines is 1. The molecule has 0 amide bonds. The van der Waals surface area contributed by atoms with E-state index >= 15 is 0 Å². The van der Waals surface area contributed by atoms with Crippen molar-refractivity contribution in [2.75, 3.05) is 0 Å². The molecule has 130 valence electrons. The van der Waals surface area contributed by atoms with Crippen molar-refractivity contribution in [2.24, 2.45) is 0 Å². The lowest BCUT2D eigenvalue weighted by Crippen LogP contribution is -2.11. The van der Waals surface area contributed by atoms with Crippen LogP contribution in [0.2, 0.25) is 0 Å². The van der Waals surface area contributed by atoms with Crippen molar-refractivity contribution >= 4 is 21.6 Å². The van der Waals surface area contributed by atoms with Crippen molar-refractivity contribution in [3.05, 3.63) is 76.6 Å². The zero-order valence-electron chi connectivity index (χ0n) is 15.0. The minimum absolute atomic E-state index is 0.0941. The summed E-state index contributed by atoms with van der Waals surface area (Å²) in [6, 6.07) is 20.3. The minimum Gasteiger partial charge on any atom is -0.306 e. The van der Waals surface area contributed by atoms with Crippen molar-refractivity contribution in [3.8, 4) is 21.8 Å². The van der Waals surface area contributed by atoms with Crippen LogP contribution >= 0.6 is 11.3 Å². The van der Waals surface area contributed by atoms with E-state index < -0.39 is 0 Å². The van der Waals surface area contributed by atoms with Gasteiger partial charge in [0.25, 0.3) is 5.56 Å². The molecule has 0 radical (unpaired) electrons. The summed E-state index contributed by atoms with van der Waals surface area (Å²) in [5.41, 5.74) is 3.29. The predicted molar refractivity (Wildman–Crippen MR) is 110 cm³/mol. The Labute approximate surface area is 156 Å². The second-order valence-electron chi connectivity index (χ2n) is 7.44. The van der Waals surface area contributed by atoms with Crippen LogP contribution in [0, 0.1) is 0 Å². The number of hydrogen-bond donors (Lipinski definition) is 1. The van der Waals surface area contributed by atoms with Crippen molar-refractivity contribution in [2.45, 2.75) is 26.2 Å². The summed E-state index contributed by atoms with van der Waals surface area (Å²) in [5.74, 6) is 0.615. The van der Waals surface area contributed by atoms with Crippen molar-refractivity contribution in [3.63, 3.8) is 0 Å². The number of fused-ring (bicyclic) bond motifs is 1. The third-order valence-corrected chi connectivity index (χ3v) is 5.56. The number of H-pyrrole nitrogens is 1. The Morgan fingerprint density at radius 2 is 1.62 bits per heavy atom. The molecular formula is C22H20N2OS. The molecule has 0 saturated heterocycles. The van der Waals surface area contributed by atoms with Crippen molar-refractivity contribution in [1.82, 2.24) is 9.97 Å². The van der Waals surface area contributed by atoms with Crippen molar-refractivity contribution in [1.29, 1.82) is 0 Å². The molecular weight excluding hydrogens is 340 g/mol. The Hall–Kier alpha value is -2.72. The lowest BCUT2D eigenvalue weighted by Gasteiger charge is -2.19. The van der Waals surface area contributed by atoms with E-state index in [0.717, 1.165) is 20.8 Å². The molecule has 4 heteroatoms. The van der Waals surface area contributed by atoms with Crippen LogP contribution in [-0.2, 0) is 5.41 Å². The number of nitrogens with one attached hydrogen (secondary N) is 1. The minimum atomic E-state index is -0.0941. The normalized spacial score (nSPS) is 11.8. The van der Waals surface area contributed by atoms with E-state index in [0.29, 0.717) is 11.2 Å². The molecule has 4 aromatic rings. The van der Waals surface area contributed by atoms with Gasteiger partial charge in [0.2, 0.25) is 0 Å². The first-order chi connectivity index (χ1) is 12.4. The molecule has 0 aliphatic rings. The summed E-state index contributed by atoms with van der Waals surface area (Å²) in [7, 11) is 0. The average Bonchev–Trinajstić information content (AvgIpc) is 3.07. The average molecular weight is 360 g/mol. The molecule has 2 aromatic heterocycles. The third kappa shape index (κ3) is 3.08. The van der Waals surface area contributed by atoms with Gasteiger partial charge in [-0.05, 0) is 22.6 Å². The van der Waals surface area contributed by atoms with Crippen LogP contribution in [0.5, 0.6) is 0 Å². The van der Waals surface area contributed by atoms with Gasteiger partial charge in [0, 0.05) is 10.4 Å². The molecule has 0 saturated carbocycles. The van der Waals surface area contributed by atoms with E-state index in [1.54, 1.807) is 11.3 Å². The van der Waals surface area contributed by atoms with E-state index in [1.165, 1.54) is 5.56 Å². The topological polar surface area (TPSA) is 45.8 Å². The highest BCUT2D eigenvalue weighted by atomic mass is 32.1. The van der Waals surface area contributed by atoms with Crippen LogP contribution < -0.4 is 5.56 Å². The maximum atomic E-state index is 12.6. The second-order valence-corrected chi connectivity index (χ2v) is 8.47. The Balaban J connectivity index is 1.79. The SMILES string of the molecule is CC(C)(C)c1ccc(-c2nc3sc(-c4ccccc4)cc3c(=O)[nH]2)cc1. The molecule has 0 fully saturated rings. The summed E-state index contributed by atoms with van der Waals surface area (Å²) in [4.78, 5) is 22.0. The molecule has 2 heterocycles. The molecule has 2 aromatic carbocycles. The van der Waals surface area contributed by atoms with Crippen LogP contribution in [0.3, 0.4) is 0 Å². The van der Waals surface area contributed by atoms with Gasteiger partial charge < -0.3 is 4.98 Å². The molecule has 4 rings (SSSR count). The van der Waals surface area contributed by atoms with E-state index in [1.807, 2.05) is 48.5 Å². The summed E-state index contributed by atoms with van der Waals surface area (Å²) < 4.78 is 0. The Morgan fingerprint density at radius 1 is 0.923 bits per heavy atom.